The van der Waals surface area contributed by atoms with Gasteiger partial charge in [0.1, 0.15) is 12.6 Å². The van der Waals surface area contributed by atoms with E-state index < -0.39 is 51.1 Å². The molecule has 3 atom stereocenters. The number of phosphoric ester groups is 1. The lowest BCUT2D eigenvalue weighted by molar-refractivity contribution is -0.161. The van der Waals surface area contributed by atoms with Crippen LogP contribution in [-0.2, 0) is 37.5 Å². The Morgan fingerprint density at radius 3 is 1.41 bits per heavy atom. The van der Waals surface area contributed by atoms with E-state index in [0.717, 1.165) is 103 Å². The standard InChI is InChI=1S/C44H72NO10P/c1-3-5-7-9-11-13-15-17-19-20-22-24-26-28-30-32-34-36-43(47)55-40(38-53-56(50,51)54-39-41(45)44(48)49)37-52-42(46)35-33-31-29-27-25-23-21-18-16-14-12-10-8-6-4-2/h5-8,11-14,17-19,21-22,24,40-41H,3-4,9-10,15-16,20,23,25-39,45H2,1-2H3,(H,48,49)(H,50,51)/b7-5-,8-6-,13-11-,14-12-,19-17-,21-18-,24-22-. The molecule has 0 spiro atoms. The molecule has 0 fully saturated rings. The fourth-order valence-electron chi connectivity index (χ4n) is 4.95. The Morgan fingerprint density at radius 1 is 0.554 bits per heavy atom. The van der Waals surface area contributed by atoms with Crippen molar-refractivity contribution in [1.29, 1.82) is 0 Å². The Balaban J connectivity index is 4.49. The first-order valence-corrected chi connectivity index (χ1v) is 22.1. The van der Waals surface area contributed by atoms with Crippen LogP contribution in [0.2, 0.25) is 0 Å². The number of carbonyl (C=O) groups is 3. The van der Waals surface area contributed by atoms with Crippen LogP contribution in [0.5, 0.6) is 0 Å². The zero-order valence-corrected chi connectivity index (χ0v) is 35.1. The molecular weight excluding hydrogens is 733 g/mol. The molecule has 0 aromatic rings. The largest absolute Gasteiger partial charge is 0.480 e. The van der Waals surface area contributed by atoms with Crippen LogP contribution < -0.4 is 5.73 Å². The van der Waals surface area contributed by atoms with E-state index >= 15 is 0 Å². The number of hydrogen-bond acceptors (Lipinski definition) is 9. The molecule has 4 N–H and O–H groups in total. The topological polar surface area (TPSA) is 172 Å². The zero-order valence-electron chi connectivity index (χ0n) is 34.2. The van der Waals surface area contributed by atoms with Crippen molar-refractivity contribution in [2.24, 2.45) is 5.73 Å². The molecule has 0 bridgehead atoms. The normalized spacial score (nSPS) is 14.6. The second kappa shape index (κ2) is 38.5. The summed E-state index contributed by atoms with van der Waals surface area (Å²) >= 11 is 0. The van der Waals surface area contributed by atoms with Gasteiger partial charge in [0.05, 0.1) is 13.2 Å². The van der Waals surface area contributed by atoms with Crippen LogP contribution in [0.25, 0.3) is 0 Å². The van der Waals surface area contributed by atoms with Gasteiger partial charge in [-0.1, -0.05) is 131 Å². The lowest BCUT2D eigenvalue weighted by Crippen LogP contribution is -2.34. The third kappa shape index (κ3) is 37.6. The molecule has 11 nitrogen and oxygen atoms in total. The lowest BCUT2D eigenvalue weighted by Gasteiger charge is -2.20. The van der Waals surface area contributed by atoms with Gasteiger partial charge in [-0.05, 0) is 83.5 Å². The number of carboxylic acids is 1. The maximum absolute atomic E-state index is 12.6. The van der Waals surface area contributed by atoms with Crippen LogP contribution in [0, 0.1) is 0 Å². The zero-order chi connectivity index (χ0) is 41.4. The first-order chi connectivity index (χ1) is 27.1. The Kier molecular flexibility index (Phi) is 36.2. The molecule has 3 unspecified atom stereocenters. The minimum atomic E-state index is -4.73. The smallest absolute Gasteiger partial charge is 0.472 e. The number of aliphatic carboxylic acids is 1. The number of nitrogens with two attached hydrogens (primary N) is 1. The second-order valence-electron chi connectivity index (χ2n) is 13.4. The number of carbonyl (C=O) groups excluding carboxylic acids is 2. The Hall–Kier alpha value is -3.34. The number of unbranched alkanes of at least 4 members (excludes halogenated alkanes) is 9. The molecule has 0 aliphatic rings. The van der Waals surface area contributed by atoms with Crippen molar-refractivity contribution in [3.05, 3.63) is 85.1 Å². The summed E-state index contributed by atoms with van der Waals surface area (Å²) in [5.74, 6) is -2.45. The van der Waals surface area contributed by atoms with Crippen LogP contribution in [0.3, 0.4) is 0 Å². The first-order valence-electron chi connectivity index (χ1n) is 20.6. The SMILES string of the molecule is CC/C=C\C/C=C\C/C=C\C/C=C\CCCCCCC(=O)OC(COC(=O)CCCCCCC/C=C\C/C=C\C/C=C\CC)COP(=O)(O)OCC(N)C(=O)O. The molecule has 0 radical (unpaired) electrons. The van der Waals surface area contributed by atoms with Gasteiger partial charge < -0.3 is 25.2 Å². The second-order valence-corrected chi connectivity index (χ2v) is 14.8. The highest BCUT2D eigenvalue weighted by Crippen LogP contribution is 2.43. The predicted octanol–water partition coefficient (Wildman–Crippen LogP) is 10.7. The van der Waals surface area contributed by atoms with E-state index in [0.29, 0.717) is 12.8 Å². The van der Waals surface area contributed by atoms with Crippen molar-refractivity contribution in [2.45, 2.75) is 154 Å². The molecule has 0 rings (SSSR count). The third-order valence-corrected chi connectivity index (χ3v) is 9.09. The number of carboxylic acid groups (broad SMARTS) is 1. The van der Waals surface area contributed by atoms with Gasteiger partial charge in [-0.2, -0.15) is 0 Å². The van der Waals surface area contributed by atoms with Gasteiger partial charge in [0.2, 0.25) is 0 Å². The summed E-state index contributed by atoms with van der Waals surface area (Å²) in [6.45, 7) is 2.51. The minimum absolute atomic E-state index is 0.124. The summed E-state index contributed by atoms with van der Waals surface area (Å²) in [5.41, 5.74) is 5.32. The van der Waals surface area contributed by atoms with Crippen molar-refractivity contribution in [2.75, 3.05) is 19.8 Å². The molecule has 0 saturated carbocycles. The molecule has 0 aliphatic heterocycles. The van der Waals surface area contributed by atoms with Gasteiger partial charge in [0.15, 0.2) is 6.10 Å². The number of phosphoric acid groups is 1. The van der Waals surface area contributed by atoms with Crippen molar-refractivity contribution in [1.82, 2.24) is 0 Å². The summed E-state index contributed by atoms with van der Waals surface area (Å²) in [7, 11) is -4.73. The quantitative estimate of drug-likeness (QED) is 0.0236. The molecule has 0 amide bonds. The first kappa shape index (κ1) is 52.7. The summed E-state index contributed by atoms with van der Waals surface area (Å²) in [6, 6.07) is -1.53. The van der Waals surface area contributed by atoms with Crippen molar-refractivity contribution in [3.8, 4) is 0 Å². The molecule has 318 valence electrons. The molecule has 0 aromatic carbocycles. The number of esters is 2. The fourth-order valence-corrected chi connectivity index (χ4v) is 5.73. The number of ether oxygens (including phenoxy) is 2. The van der Waals surface area contributed by atoms with E-state index in [2.05, 4.69) is 103 Å². The van der Waals surface area contributed by atoms with E-state index in [1.54, 1.807) is 0 Å². The van der Waals surface area contributed by atoms with Crippen LogP contribution in [0.4, 0.5) is 0 Å². The molecule has 0 saturated heterocycles. The minimum Gasteiger partial charge on any atom is -0.480 e. The summed E-state index contributed by atoms with van der Waals surface area (Å²) in [6.07, 6.45) is 46.5. The van der Waals surface area contributed by atoms with Crippen molar-refractivity contribution < 1.29 is 47.5 Å². The Labute approximate surface area is 337 Å². The van der Waals surface area contributed by atoms with E-state index in [1.165, 1.54) is 0 Å². The Morgan fingerprint density at radius 2 is 0.946 bits per heavy atom. The number of rotatable bonds is 37. The highest BCUT2D eigenvalue weighted by Gasteiger charge is 2.28. The van der Waals surface area contributed by atoms with Gasteiger partial charge in [-0.25, -0.2) is 4.57 Å². The van der Waals surface area contributed by atoms with Crippen LogP contribution in [-0.4, -0.2) is 59.9 Å². The molecule has 0 heterocycles. The van der Waals surface area contributed by atoms with E-state index in [-0.39, 0.29) is 19.4 Å². The fraction of sp³-hybridized carbons (Fsp3) is 0.614. The maximum atomic E-state index is 12.6. The molecule has 56 heavy (non-hydrogen) atoms. The summed E-state index contributed by atoms with van der Waals surface area (Å²) in [4.78, 5) is 45.9. The third-order valence-electron chi connectivity index (χ3n) is 8.14. The van der Waals surface area contributed by atoms with E-state index in [9.17, 15) is 23.8 Å². The summed E-state index contributed by atoms with van der Waals surface area (Å²) in [5, 5.41) is 8.88. The highest BCUT2D eigenvalue weighted by molar-refractivity contribution is 7.47. The number of allylic oxidation sites excluding steroid dienone is 14. The van der Waals surface area contributed by atoms with Crippen LogP contribution in [0.15, 0.2) is 85.1 Å². The van der Waals surface area contributed by atoms with E-state index in [4.69, 9.17) is 24.8 Å². The van der Waals surface area contributed by atoms with Gasteiger partial charge in [0.25, 0.3) is 0 Å². The molecule has 0 aliphatic carbocycles. The average molecular weight is 806 g/mol. The van der Waals surface area contributed by atoms with Gasteiger partial charge in [-0.15, -0.1) is 0 Å². The molecule has 12 heteroatoms. The van der Waals surface area contributed by atoms with E-state index in [1.807, 2.05) is 0 Å². The highest BCUT2D eigenvalue weighted by atomic mass is 31.2. The monoisotopic (exact) mass is 805 g/mol. The maximum Gasteiger partial charge on any atom is 0.472 e. The van der Waals surface area contributed by atoms with Crippen molar-refractivity contribution >= 4 is 25.7 Å². The van der Waals surface area contributed by atoms with Crippen LogP contribution in [0.1, 0.15) is 142 Å². The van der Waals surface area contributed by atoms with Gasteiger partial charge in [0, 0.05) is 12.8 Å². The summed E-state index contributed by atoms with van der Waals surface area (Å²) < 4.78 is 32.6. The lowest BCUT2D eigenvalue weighted by atomic mass is 10.1. The number of hydrogen-bond donors (Lipinski definition) is 3. The molecular formula is C44H72NO10P. The van der Waals surface area contributed by atoms with Crippen LogP contribution >= 0.6 is 7.82 Å². The Bertz CT molecular complexity index is 1270. The van der Waals surface area contributed by atoms with Crippen molar-refractivity contribution in [3.63, 3.8) is 0 Å². The average Bonchev–Trinajstić information content (AvgIpc) is 3.17. The molecule has 0 aromatic heterocycles. The van der Waals surface area contributed by atoms with Gasteiger partial charge in [-0.3, -0.25) is 23.4 Å². The predicted molar refractivity (Wildman–Crippen MR) is 226 cm³/mol. The van der Waals surface area contributed by atoms with Gasteiger partial charge >= 0.3 is 25.7 Å².